The van der Waals surface area contributed by atoms with Crippen LogP contribution in [0.25, 0.3) is 0 Å². The number of thioether (sulfide) groups is 1. The molecule has 0 bridgehead atoms. The van der Waals surface area contributed by atoms with Crippen molar-refractivity contribution < 1.29 is 0 Å². The SMILES string of the molecule is CC(C)Sc1cc[nH]c(=O)n1. The molecule has 0 spiro atoms. The molecule has 0 aromatic carbocycles. The average molecular weight is 170 g/mol. The number of aromatic amines is 1. The predicted octanol–water partition coefficient (Wildman–Crippen LogP) is 1.27. The van der Waals surface area contributed by atoms with Crippen molar-refractivity contribution in [2.45, 2.75) is 24.1 Å². The Morgan fingerprint density at radius 3 is 2.91 bits per heavy atom. The lowest BCUT2D eigenvalue weighted by Crippen LogP contribution is -2.09. The van der Waals surface area contributed by atoms with Crippen LogP contribution in [0, 0.1) is 0 Å². The number of nitrogens with one attached hydrogen (secondary N) is 1. The first-order valence-electron chi connectivity index (χ1n) is 3.41. The van der Waals surface area contributed by atoms with Gasteiger partial charge in [0, 0.05) is 11.4 Å². The first-order chi connectivity index (χ1) is 5.18. The fraction of sp³-hybridized carbons (Fsp3) is 0.429. The summed E-state index contributed by atoms with van der Waals surface area (Å²) in [6.07, 6.45) is 1.61. The topological polar surface area (TPSA) is 45.8 Å². The number of hydrogen-bond donors (Lipinski definition) is 1. The summed E-state index contributed by atoms with van der Waals surface area (Å²) in [5.74, 6) is 0. The lowest BCUT2D eigenvalue weighted by atomic mass is 10.6. The third-order valence-corrected chi connectivity index (χ3v) is 1.94. The van der Waals surface area contributed by atoms with Crippen molar-refractivity contribution in [3.8, 4) is 0 Å². The molecule has 11 heavy (non-hydrogen) atoms. The molecular formula is C7H10N2OS. The Balaban J connectivity index is 2.80. The third-order valence-electron chi connectivity index (χ3n) is 1.00. The highest BCUT2D eigenvalue weighted by Gasteiger charge is 1.98. The molecule has 1 rings (SSSR count). The second-order valence-electron chi connectivity index (χ2n) is 2.40. The van der Waals surface area contributed by atoms with Crippen LogP contribution in [0.15, 0.2) is 22.1 Å². The van der Waals surface area contributed by atoms with E-state index in [2.05, 4.69) is 23.8 Å². The van der Waals surface area contributed by atoms with Crippen LogP contribution < -0.4 is 5.69 Å². The first kappa shape index (κ1) is 8.33. The Kier molecular flexibility index (Phi) is 2.70. The normalized spacial score (nSPS) is 10.5. The first-order valence-corrected chi connectivity index (χ1v) is 4.29. The second kappa shape index (κ2) is 3.57. The van der Waals surface area contributed by atoms with Crippen molar-refractivity contribution in [2.75, 3.05) is 0 Å². The van der Waals surface area contributed by atoms with Crippen molar-refractivity contribution in [1.29, 1.82) is 0 Å². The largest absolute Gasteiger partial charge is 0.345 e. The van der Waals surface area contributed by atoms with Crippen LogP contribution in [0.3, 0.4) is 0 Å². The van der Waals surface area contributed by atoms with Gasteiger partial charge in [0.25, 0.3) is 0 Å². The quantitative estimate of drug-likeness (QED) is 0.537. The molecular weight excluding hydrogens is 160 g/mol. The number of rotatable bonds is 2. The van der Waals surface area contributed by atoms with Crippen LogP contribution in [0.1, 0.15) is 13.8 Å². The van der Waals surface area contributed by atoms with Crippen LogP contribution in [-0.4, -0.2) is 15.2 Å². The van der Waals surface area contributed by atoms with Gasteiger partial charge in [-0.3, -0.25) is 0 Å². The predicted molar refractivity (Wildman–Crippen MR) is 45.9 cm³/mol. The van der Waals surface area contributed by atoms with Crippen LogP contribution in [0.4, 0.5) is 0 Å². The molecule has 3 nitrogen and oxygen atoms in total. The van der Waals surface area contributed by atoms with Crippen molar-refractivity contribution in [3.05, 3.63) is 22.7 Å². The summed E-state index contributed by atoms with van der Waals surface area (Å²) in [6, 6.07) is 1.80. The van der Waals surface area contributed by atoms with Gasteiger partial charge in [-0.1, -0.05) is 13.8 Å². The Morgan fingerprint density at radius 2 is 2.36 bits per heavy atom. The summed E-state index contributed by atoms with van der Waals surface area (Å²) in [7, 11) is 0. The van der Waals surface area contributed by atoms with E-state index in [9.17, 15) is 4.79 Å². The Hall–Kier alpha value is -0.770. The zero-order valence-corrected chi connectivity index (χ0v) is 7.31. The summed E-state index contributed by atoms with van der Waals surface area (Å²) in [5, 5.41) is 1.24. The van der Waals surface area contributed by atoms with Gasteiger partial charge in [-0.2, -0.15) is 4.98 Å². The minimum Gasteiger partial charge on any atom is -0.313 e. The van der Waals surface area contributed by atoms with Gasteiger partial charge in [0.05, 0.1) is 0 Å². The van der Waals surface area contributed by atoms with Gasteiger partial charge in [-0.05, 0) is 6.07 Å². The maximum atomic E-state index is 10.7. The molecule has 1 N–H and O–H groups in total. The molecule has 60 valence electrons. The molecule has 4 heteroatoms. The lowest BCUT2D eigenvalue weighted by molar-refractivity contribution is 0.970. The van der Waals surface area contributed by atoms with Crippen molar-refractivity contribution >= 4 is 11.8 Å². The minimum atomic E-state index is -0.282. The van der Waals surface area contributed by atoms with E-state index in [1.165, 1.54) is 0 Å². The van der Waals surface area contributed by atoms with E-state index in [1.807, 2.05) is 0 Å². The summed E-state index contributed by atoms with van der Waals surface area (Å²) < 4.78 is 0. The molecule has 0 saturated carbocycles. The van der Waals surface area contributed by atoms with E-state index in [0.717, 1.165) is 5.03 Å². The molecule has 1 heterocycles. The molecule has 0 atom stereocenters. The van der Waals surface area contributed by atoms with Crippen molar-refractivity contribution in [1.82, 2.24) is 9.97 Å². The van der Waals surface area contributed by atoms with Gasteiger partial charge in [-0.25, -0.2) is 4.79 Å². The summed E-state index contributed by atoms with van der Waals surface area (Å²) >= 11 is 1.58. The van der Waals surface area contributed by atoms with Gasteiger partial charge in [0.2, 0.25) is 0 Å². The number of hydrogen-bond acceptors (Lipinski definition) is 3. The Labute approximate surface area is 69.3 Å². The number of aromatic nitrogens is 2. The molecule has 0 radical (unpaired) electrons. The smallest absolute Gasteiger partial charge is 0.313 e. The molecule has 0 amide bonds. The van der Waals surface area contributed by atoms with E-state index in [1.54, 1.807) is 24.0 Å². The van der Waals surface area contributed by atoms with Gasteiger partial charge in [0.15, 0.2) is 0 Å². The van der Waals surface area contributed by atoms with E-state index >= 15 is 0 Å². The highest BCUT2D eigenvalue weighted by molar-refractivity contribution is 7.99. The molecule has 0 unspecified atom stereocenters. The number of H-pyrrole nitrogens is 1. The zero-order chi connectivity index (χ0) is 8.27. The third kappa shape index (κ3) is 2.76. The van der Waals surface area contributed by atoms with Gasteiger partial charge < -0.3 is 4.98 Å². The molecule has 0 aliphatic carbocycles. The fourth-order valence-electron chi connectivity index (χ4n) is 0.661. The fourth-order valence-corrected chi connectivity index (χ4v) is 1.43. The van der Waals surface area contributed by atoms with E-state index in [0.29, 0.717) is 5.25 Å². The van der Waals surface area contributed by atoms with Gasteiger partial charge in [0.1, 0.15) is 5.03 Å². The van der Waals surface area contributed by atoms with E-state index in [4.69, 9.17) is 0 Å². The number of nitrogens with zero attached hydrogens (tertiary/aromatic N) is 1. The van der Waals surface area contributed by atoms with Crippen LogP contribution in [-0.2, 0) is 0 Å². The summed E-state index contributed by atoms with van der Waals surface area (Å²) in [4.78, 5) is 16.9. The Bertz CT molecular complexity index is 282. The standard InChI is InChI=1S/C7H10N2OS/c1-5(2)11-6-3-4-8-7(10)9-6/h3-5H,1-2H3,(H,8,9,10). The zero-order valence-electron chi connectivity index (χ0n) is 6.50. The van der Waals surface area contributed by atoms with Crippen molar-refractivity contribution in [2.24, 2.45) is 0 Å². The second-order valence-corrected chi connectivity index (χ2v) is 4.00. The maximum absolute atomic E-state index is 10.7. The maximum Gasteiger partial charge on any atom is 0.345 e. The molecule has 1 aromatic rings. The molecule has 0 aliphatic rings. The van der Waals surface area contributed by atoms with Crippen LogP contribution in [0.2, 0.25) is 0 Å². The molecule has 0 saturated heterocycles. The molecule has 0 aliphatic heterocycles. The molecule has 1 aromatic heterocycles. The van der Waals surface area contributed by atoms with Gasteiger partial charge >= 0.3 is 5.69 Å². The average Bonchev–Trinajstić information content (AvgIpc) is 1.85. The van der Waals surface area contributed by atoms with E-state index in [-0.39, 0.29) is 5.69 Å². The van der Waals surface area contributed by atoms with Crippen molar-refractivity contribution in [3.63, 3.8) is 0 Å². The highest BCUT2D eigenvalue weighted by Crippen LogP contribution is 2.17. The minimum absolute atomic E-state index is 0.282. The Morgan fingerprint density at radius 1 is 1.64 bits per heavy atom. The lowest BCUT2D eigenvalue weighted by Gasteiger charge is -2.00. The highest BCUT2D eigenvalue weighted by atomic mass is 32.2. The van der Waals surface area contributed by atoms with Gasteiger partial charge in [-0.15, -0.1) is 11.8 Å². The van der Waals surface area contributed by atoms with Crippen LogP contribution in [0.5, 0.6) is 0 Å². The monoisotopic (exact) mass is 170 g/mol. The molecule has 0 fully saturated rings. The van der Waals surface area contributed by atoms with Crippen LogP contribution >= 0.6 is 11.8 Å². The summed E-state index contributed by atoms with van der Waals surface area (Å²) in [5.41, 5.74) is -0.282. The summed E-state index contributed by atoms with van der Waals surface area (Å²) in [6.45, 7) is 4.13. The van der Waals surface area contributed by atoms with E-state index < -0.39 is 0 Å².